The van der Waals surface area contributed by atoms with Gasteiger partial charge in [0.2, 0.25) is 0 Å². The van der Waals surface area contributed by atoms with Gasteiger partial charge in [-0.15, -0.1) is 0 Å². The number of rotatable bonds is 5. The Morgan fingerprint density at radius 2 is 1.83 bits per heavy atom. The number of imidazole rings is 1. The molecule has 0 atom stereocenters. The van der Waals surface area contributed by atoms with Crippen LogP contribution in [-0.2, 0) is 21.2 Å². The normalized spacial score (nSPS) is 11.1. The molecule has 11 heteroatoms. The highest BCUT2D eigenvalue weighted by atomic mass is 32.2. The van der Waals surface area contributed by atoms with Crippen LogP contribution in [0.3, 0.4) is 0 Å². The van der Waals surface area contributed by atoms with Gasteiger partial charge in [0.1, 0.15) is 17.8 Å². The van der Waals surface area contributed by atoms with Gasteiger partial charge < -0.3 is 9.67 Å². The lowest BCUT2D eigenvalue weighted by Crippen LogP contribution is -2.14. The molecule has 0 unspecified atom stereocenters. The minimum Gasteiger partial charge on any atom is -0.483 e. The Morgan fingerprint density at radius 1 is 1.10 bits per heavy atom. The van der Waals surface area contributed by atoms with E-state index in [2.05, 4.69) is 15.1 Å². The van der Waals surface area contributed by atoms with E-state index in [4.69, 9.17) is 9.90 Å². The number of carbonyl (C=O) groups is 1. The van der Waals surface area contributed by atoms with Gasteiger partial charge >= 0.3 is 0 Å². The molecule has 0 aliphatic carbocycles. The molecule has 0 radical (unpaired) electrons. The molecule has 0 aliphatic rings. The van der Waals surface area contributed by atoms with Crippen LogP contribution < -0.4 is 0 Å². The summed E-state index contributed by atoms with van der Waals surface area (Å²) in [6.07, 6.45) is 4.77. The van der Waals surface area contributed by atoms with E-state index in [0.717, 1.165) is 12.1 Å². The van der Waals surface area contributed by atoms with Gasteiger partial charge in [-0.1, -0.05) is 6.07 Å². The molecule has 9 nitrogen and oxygen atoms in total. The third kappa shape index (κ3) is 4.46. The first-order chi connectivity index (χ1) is 14.0. The molecule has 0 fully saturated rings. The topological polar surface area (TPSA) is 119 Å². The van der Waals surface area contributed by atoms with E-state index in [0.29, 0.717) is 17.2 Å². The Bertz CT molecular complexity index is 1220. The summed E-state index contributed by atoms with van der Waals surface area (Å²) in [5.74, 6) is -0.00725. The standard InChI is InChI=1S/C17H14FN5O2S.CH2O2/c18-13-4-6-14(7-5-13)26(24,25)11-10-22-9-8-19-17(22)15-2-1-3-16-20-12-21-23(15)16;2-1-3/h1-9,12H,10-11H2;1H,(H,2,3). The predicted molar refractivity (Wildman–Crippen MR) is 101 cm³/mol. The van der Waals surface area contributed by atoms with Crippen molar-refractivity contribution in [2.24, 2.45) is 0 Å². The van der Waals surface area contributed by atoms with E-state index in [1.165, 1.54) is 18.5 Å². The monoisotopic (exact) mass is 417 g/mol. The van der Waals surface area contributed by atoms with E-state index in [1.807, 2.05) is 18.2 Å². The number of benzene rings is 1. The van der Waals surface area contributed by atoms with Crippen LogP contribution in [0, 0.1) is 5.82 Å². The first-order valence-corrected chi connectivity index (χ1v) is 9.98. The minimum absolute atomic E-state index is 0.0962. The number of nitrogens with zero attached hydrogens (tertiary/aromatic N) is 5. The van der Waals surface area contributed by atoms with E-state index < -0.39 is 15.7 Å². The zero-order valence-electron chi connectivity index (χ0n) is 15.0. The number of hydrogen-bond donors (Lipinski definition) is 1. The van der Waals surface area contributed by atoms with Crippen LogP contribution in [-0.4, -0.2) is 49.9 Å². The summed E-state index contributed by atoms with van der Waals surface area (Å²) in [5, 5.41) is 11.1. The average Bonchev–Trinajstić information content (AvgIpc) is 3.36. The van der Waals surface area contributed by atoms with E-state index in [1.54, 1.807) is 21.5 Å². The van der Waals surface area contributed by atoms with Gasteiger partial charge in [-0.05, 0) is 36.4 Å². The highest BCUT2D eigenvalue weighted by Gasteiger charge is 2.17. The van der Waals surface area contributed by atoms with Crippen molar-refractivity contribution in [1.29, 1.82) is 0 Å². The number of aryl methyl sites for hydroxylation is 1. The van der Waals surface area contributed by atoms with Crippen molar-refractivity contribution in [2.45, 2.75) is 11.4 Å². The zero-order valence-corrected chi connectivity index (χ0v) is 15.8. The van der Waals surface area contributed by atoms with E-state index in [-0.39, 0.29) is 23.7 Å². The number of hydrogen-bond acceptors (Lipinski definition) is 6. The summed E-state index contributed by atoms with van der Waals surface area (Å²) < 4.78 is 41.3. The lowest BCUT2D eigenvalue weighted by molar-refractivity contribution is -0.122. The van der Waals surface area contributed by atoms with E-state index >= 15 is 0 Å². The van der Waals surface area contributed by atoms with Gasteiger partial charge in [0, 0.05) is 18.9 Å². The van der Waals surface area contributed by atoms with Crippen LogP contribution in [0.2, 0.25) is 0 Å². The maximum absolute atomic E-state index is 13.0. The fourth-order valence-corrected chi connectivity index (χ4v) is 3.94. The molecule has 1 N–H and O–H groups in total. The molecule has 4 aromatic rings. The maximum Gasteiger partial charge on any atom is 0.290 e. The molecule has 4 rings (SSSR count). The Morgan fingerprint density at radius 3 is 2.55 bits per heavy atom. The van der Waals surface area contributed by atoms with Crippen LogP contribution in [0.4, 0.5) is 4.39 Å². The molecule has 0 bridgehead atoms. The number of fused-ring (bicyclic) bond motifs is 1. The van der Waals surface area contributed by atoms with Crippen LogP contribution in [0.5, 0.6) is 0 Å². The molecule has 0 spiro atoms. The molecule has 29 heavy (non-hydrogen) atoms. The predicted octanol–water partition coefficient (Wildman–Crippen LogP) is 1.91. The molecule has 150 valence electrons. The second-order valence-corrected chi connectivity index (χ2v) is 7.87. The maximum atomic E-state index is 13.0. The number of pyridine rings is 1. The van der Waals surface area contributed by atoms with Crippen molar-refractivity contribution in [3.05, 3.63) is 67.0 Å². The van der Waals surface area contributed by atoms with E-state index in [9.17, 15) is 12.8 Å². The van der Waals surface area contributed by atoms with Crippen molar-refractivity contribution in [3.63, 3.8) is 0 Å². The van der Waals surface area contributed by atoms with Crippen molar-refractivity contribution in [2.75, 3.05) is 5.75 Å². The lowest BCUT2D eigenvalue weighted by atomic mass is 10.3. The Labute approximate surface area is 165 Å². The Balaban J connectivity index is 0.000000755. The largest absolute Gasteiger partial charge is 0.483 e. The number of carboxylic acid groups (broad SMARTS) is 1. The van der Waals surface area contributed by atoms with Gasteiger partial charge in [-0.3, -0.25) is 4.79 Å². The van der Waals surface area contributed by atoms with Crippen LogP contribution in [0.25, 0.3) is 17.2 Å². The molecular weight excluding hydrogens is 401 g/mol. The number of sulfone groups is 1. The van der Waals surface area contributed by atoms with Gasteiger partial charge in [0.05, 0.1) is 10.6 Å². The second-order valence-electron chi connectivity index (χ2n) is 5.76. The quantitative estimate of drug-likeness (QED) is 0.389. The second kappa shape index (κ2) is 8.61. The van der Waals surface area contributed by atoms with Crippen LogP contribution in [0.1, 0.15) is 0 Å². The van der Waals surface area contributed by atoms with Crippen molar-refractivity contribution in [1.82, 2.24) is 24.1 Å². The summed E-state index contributed by atoms with van der Waals surface area (Å²) in [6, 6.07) is 10.3. The summed E-state index contributed by atoms with van der Waals surface area (Å²) in [6.45, 7) is -0.0415. The SMILES string of the molecule is O=CO.O=S(=O)(CCn1ccnc1-c1cccc2ncnn12)c1ccc(F)cc1. The van der Waals surface area contributed by atoms with Crippen molar-refractivity contribution >= 4 is 22.0 Å². The van der Waals surface area contributed by atoms with Gasteiger partial charge in [-0.25, -0.2) is 27.3 Å². The molecule has 3 heterocycles. The fourth-order valence-electron chi connectivity index (χ4n) is 2.72. The fraction of sp³-hybridized carbons (Fsp3) is 0.111. The van der Waals surface area contributed by atoms with Crippen LogP contribution in [0.15, 0.2) is 66.1 Å². The lowest BCUT2D eigenvalue weighted by Gasteiger charge is -2.10. The summed E-state index contributed by atoms with van der Waals surface area (Å²) in [5.41, 5.74) is 1.39. The van der Waals surface area contributed by atoms with Gasteiger partial charge in [0.15, 0.2) is 21.3 Å². The molecule has 0 saturated carbocycles. The zero-order chi connectivity index (χ0) is 20.9. The third-order valence-electron chi connectivity index (χ3n) is 4.02. The highest BCUT2D eigenvalue weighted by Crippen LogP contribution is 2.19. The number of halogens is 1. The molecule has 0 aliphatic heterocycles. The highest BCUT2D eigenvalue weighted by molar-refractivity contribution is 7.91. The van der Waals surface area contributed by atoms with Crippen molar-refractivity contribution < 1.29 is 22.7 Å². The Kier molecular flexibility index (Phi) is 5.98. The van der Waals surface area contributed by atoms with Crippen molar-refractivity contribution in [3.8, 4) is 11.5 Å². The van der Waals surface area contributed by atoms with Gasteiger partial charge in [0.25, 0.3) is 6.47 Å². The third-order valence-corrected chi connectivity index (χ3v) is 5.73. The molecular formula is C18H16FN5O4S. The minimum atomic E-state index is -3.53. The molecule has 3 aromatic heterocycles. The molecule has 1 aromatic carbocycles. The smallest absolute Gasteiger partial charge is 0.290 e. The van der Waals surface area contributed by atoms with Crippen LogP contribution >= 0.6 is 0 Å². The summed E-state index contributed by atoms with van der Waals surface area (Å²) >= 11 is 0. The molecule has 0 amide bonds. The average molecular weight is 417 g/mol. The molecule has 0 saturated heterocycles. The van der Waals surface area contributed by atoms with Gasteiger partial charge in [-0.2, -0.15) is 5.10 Å². The Hall–Kier alpha value is -3.60. The number of aromatic nitrogens is 5. The summed E-state index contributed by atoms with van der Waals surface area (Å²) in [7, 11) is -3.53. The summed E-state index contributed by atoms with van der Waals surface area (Å²) in [4.78, 5) is 16.9. The first-order valence-electron chi connectivity index (χ1n) is 8.32. The first kappa shape index (κ1) is 20.1.